The number of hydrogen-bond donors (Lipinski definition) is 2. The Hall–Kier alpha value is -3.56. The third kappa shape index (κ3) is 3.48. The normalized spacial score (nSPS) is 11.5. The van der Waals surface area contributed by atoms with Gasteiger partial charge in [-0.2, -0.15) is 4.98 Å². The first-order valence-electron chi connectivity index (χ1n) is 8.28. The van der Waals surface area contributed by atoms with Crippen LogP contribution >= 0.6 is 0 Å². The molecular formula is C19H16N6O2S. The molecule has 0 radical (unpaired) electrons. The number of sulfonamides is 1. The maximum atomic E-state index is 11.8. The molecule has 0 saturated heterocycles. The van der Waals surface area contributed by atoms with Crippen LogP contribution in [0, 0.1) is 0 Å². The molecule has 2 aromatic heterocycles. The fraction of sp³-hybridized carbons (Fsp3) is 0. The zero-order valence-corrected chi connectivity index (χ0v) is 15.4. The Morgan fingerprint density at radius 1 is 0.857 bits per heavy atom. The Labute approximate surface area is 161 Å². The van der Waals surface area contributed by atoms with E-state index in [2.05, 4.69) is 15.0 Å². The van der Waals surface area contributed by atoms with Crippen molar-refractivity contribution < 1.29 is 8.42 Å². The molecular weight excluding hydrogens is 376 g/mol. The van der Waals surface area contributed by atoms with Crippen molar-refractivity contribution in [3.05, 3.63) is 73.1 Å². The lowest BCUT2D eigenvalue weighted by atomic mass is 10.1. The molecule has 0 aliphatic heterocycles. The number of anilines is 4. The standard InChI is InChI=1S/C19H16N6O2S/c20-18-8-10-23-19(24-18)25(14-4-1-5-16(12-14)28(21,26)27)15-6-7-17-13(11-15)3-2-9-22-17/h1-12H,(H2,20,23,24)(H2,21,26,27). The van der Waals surface area contributed by atoms with Gasteiger partial charge in [-0.25, -0.2) is 18.5 Å². The number of primary sulfonamides is 1. The van der Waals surface area contributed by atoms with Crippen LogP contribution in [-0.2, 0) is 10.0 Å². The lowest BCUT2D eigenvalue weighted by Gasteiger charge is -2.23. The summed E-state index contributed by atoms with van der Waals surface area (Å²) in [6.45, 7) is 0. The quantitative estimate of drug-likeness (QED) is 0.546. The van der Waals surface area contributed by atoms with Gasteiger partial charge < -0.3 is 5.73 Å². The van der Waals surface area contributed by atoms with Crippen molar-refractivity contribution in [3.63, 3.8) is 0 Å². The first-order valence-corrected chi connectivity index (χ1v) is 9.83. The maximum Gasteiger partial charge on any atom is 0.238 e. The van der Waals surface area contributed by atoms with Crippen LogP contribution in [0.3, 0.4) is 0 Å². The Morgan fingerprint density at radius 2 is 1.68 bits per heavy atom. The summed E-state index contributed by atoms with van der Waals surface area (Å²) in [6.07, 6.45) is 3.26. The van der Waals surface area contributed by atoms with Gasteiger partial charge in [0.2, 0.25) is 16.0 Å². The molecule has 0 amide bonds. The number of benzene rings is 2. The molecule has 0 saturated carbocycles. The molecule has 0 bridgehead atoms. The molecule has 0 atom stereocenters. The molecule has 4 aromatic rings. The van der Waals surface area contributed by atoms with E-state index in [1.54, 1.807) is 29.3 Å². The number of nitrogens with two attached hydrogens (primary N) is 2. The van der Waals surface area contributed by atoms with Crippen LogP contribution in [0.4, 0.5) is 23.1 Å². The lowest BCUT2D eigenvalue weighted by Crippen LogP contribution is -2.16. The predicted molar refractivity (Wildman–Crippen MR) is 108 cm³/mol. The van der Waals surface area contributed by atoms with Crippen molar-refractivity contribution >= 4 is 44.1 Å². The van der Waals surface area contributed by atoms with Crippen molar-refractivity contribution in [1.82, 2.24) is 15.0 Å². The van der Waals surface area contributed by atoms with Gasteiger partial charge in [-0.15, -0.1) is 0 Å². The fourth-order valence-electron chi connectivity index (χ4n) is 2.85. The van der Waals surface area contributed by atoms with Crippen LogP contribution in [0.15, 0.2) is 78.0 Å². The van der Waals surface area contributed by atoms with E-state index >= 15 is 0 Å². The summed E-state index contributed by atoms with van der Waals surface area (Å²) in [7, 11) is -3.87. The van der Waals surface area contributed by atoms with Gasteiger partial charge in [0.15, 0.2) is 0 Å². The molecule has 0 spiro atoms. The van der Waals surface area contributed by atoms with E-state index in [-0.39, 0.29) is 4.90 Å². The third-order valence-electron chi connectivity index (χ3n) is 4.11. The zero-order valence-electron chi connectivity index (χ0n) is 14.6. The molecule has 140 valence electrons. The number of pyridine rings is 1. The van der Waals surface area contributed by atoms with Crippen molar-refractivity contribution in [2.24, 2.45) is 5.14 Å². The van der Waals surface area contributed by atoms with Crippen LogP contribution in [0.2, 0.25) is 0 Å². The molecule has 0 aliphatic carbocycles. The molecule has 2 heterocycles. The van der Waals surface area contributed by atoms with Gasteiger partial charge in [-0.3, -0.25) is 9.88 Å². The summed E-state index contributed by atoms with van der Waals surface area (Å²) in [5.74, 6) is 0.592. The Morgan fingerprint density at radius 3 is 2.46 bits per heavy atom. The van der Waals surface area contributed by atoms with Crippen LogP contribution in [0.25, 0.3) is 10.9 Å². The van der Waals surface area contributed by atoms with Crippen molar-refractivity contribution in [2.45, 2.75) is 4.90 Å². The highest BCUT2D eigenvalue weighted by Crippen LogP contribution is 2.34. The molecule has 4 rings (SSSR count). The summed E-state index contributed by atoms with van der Waals surface area (Å²) in [5, 5.41) is 6.21. The minimum atomic E-state index is -3.87. The molecule has 9 heteroatoms. The number of nitrogen functional groups attached to an aromatic ring is 1. The topological polar surface area (TPSA) is 128 Å². The van der Waals surface area contributed by atoms with E-state index in [4.69, 9.17) is 10.9 Å². The average molecular weight is 392 g/mol. The van der Waals surface area contributed by atoms with Crippen LogP contribution < -0.4 is 15.8 Å². The van der Waals surface area contributed by atoms with E-state index in [9.17, 15) is 8.42 Å². The second kappa shape index (κ2) is 6.87. The van der Waals surface area contributed by atoms with Gasteiger partial charge in [0.1, 0.15) is 5.82 Å². The average Bonchev–Trinajstić information content (AvgIpc) is 2.68. The maximum absolute atomic E-state index is 11.8. The molecule has 0 unspecified atom stereocenters. The molecule has 28 heavy (non-hydrogen) atoms. The largest absolute Gasteiger partial charge is 0.384 e. The molecule has 0 aliphatic rings. The molecule has 0 fully saturated rings. The van der Waals surface area contributed by atoms with Gasteiger partial charge in [-0.05, 0) is 48.5 Å². The molecule has 2 aromatic carbocycles. The van der Waals surface area contributed by atoms with Crippen LogP contribution in [0.1, 0.15) is 0 Å². The fourth-order valence-corrected chi connectivity index (χ4v) is 3.40. The van der Waals surface area contributed by atoms with Gasteiger partial charge in [0.25, 0.3) is 0 Å². The highest BCUT2D eigenvalue weighted by atomic mass is 32.2. The SMILES string of the molecule is Nc1ccnc(N(c2cccc(S(N)(=O)=O)c2)c2ccc3ncccc3c2)n1. The van der Waals surface area contributed by atoms with Gasteiger partial charge >= 0.3 is 0 Å². The zero-order chi connectivity index (χ0) is 19.7. The molecule has 4 N–H and O–H groups in total. The number of aromatic nitrogens is 3. The van der Waals surface area contributed by atoms with Gasteiger partial charge in [-0.1, -0.05) is 12.1 Å². The van der Waals surface area contributed by atoms with E-state index < -0.39 is 10.0 Å². The monoisotopic (exact) mass is 392 g/mol. The Balaban J connectivity index is 1.94. The van der Waals surface area contributed by atoms with E-state index in [0.717, 1.165) is 16.6 Å². The summed E-state index contributed by atoms with van der Waals surface area (Å²) < 4.78 is 23.6. The Bertz CT molecular complexity index is 1280. The van der Waals surface area contributed by atoms with Crippen molar-refractivity contribution in [3.8, 4) is 0 Å². The molecule has 8 nitrogen and oxygen atoms in total. The van der Waals surface area contributed by atoms with Crippen molar-refractivity contribution in [2.75, 3.05) is 10.6 Å². The third-order valence-corrected chi connectivity index (χ3v) is 5.02. The van der Waals surface area contributed by atoms with Gasteiger partial charge in [0.05, 0.1) is 16.1 Å². The van der Waals surface area contributed by atoms with Crippen LogP contribution in [-0.4, -0.2) is 23.4 Å². The van der Waals surface area contributed by atoms with E-state index in [1.165, 1.54) is 18.3 Å². The summed E-state index contributed by atoms with van der Waals surface area (Å²) >= 11 is 0. The number of fused-ring (bicyclic) bond motifs is 1. The summed E-state index contributed by atoms with van der Waals surface area (Å²) in [4.78, 5) is 14.6. The minimum Gasteiger partial charge on any atom is -0.384 e. The second-order valence-electron chi connectivity index (χ2n) is 6.04. The lowest BCUT2D eigenvalue weighted by molar-refractivity contribution is 0.598. The number of rotatable bonds is 4. The highest BCUT2D eigenvalue weighted by Gasteiger charge is 2.18. The predicted octanol–water partition coefficient (Wildman–Crippen LogP) is 2.72. The smallest absolute Gasteiger partial charge is 0.238 e. The first kappa shape index (κ1) is 17.8. The first-order chi connectivity index (χ1) is 13.4. The second-order valence-corrected chi connectivity index (χ2v) is 7.60. The minimum absolute atomic E-state index is 0.0126. The number of hydrogen-bond acceptors (Lipinski definition) is 7. The summed E-state index contributed by atoms with van der Waals surface area (Å²) in [5.41, 5.74) is 7.92. The van der Waals surface area contributed by atoms with E-state index in [0.29, 0.717) is 17.5 Å². The van der Waals surface area contributed by atoms with Crippen molar-refractivity contribution in [1.29, 1.82) is 0 Å². The summed E-state index contributed by atoms with van der Waals surface area (Å²) in [6, 6.07) is 17.2. The number of nitrogens with zero attached hydrogens (tertiary/aromatic N) is 4. The highest BCUT2D eigenvalue weighted by molar-refractivity contribution is 7.89. The Kier molecular flexibility index (Phi) is 4.38. The van der Waals surface area contributed by atoms with Crippen LogP contribution in [0.5, 0.6) is 0 Å². The van der Waals surface area contributed by atoms with Gasteiger partial charge in [0, 0.05) is 23.5 Å². The van der Waals surface area contributed by atoms with E-state index in [1.807, 2.05) is 30.3 Å².